The Bertz CT molecular complexity index is 791. The molecule has 9 nitrogen and oxygen atoms in total. The maximum atomic E-state index is 12.9. The summed E-state index contributed by atoms with van der Waals surface area (Å²) in [6.07, 6.45) is 4.71. The second kappa shape index (κ2) is 10.1. The monoisotopic (exact) mass is 437 g/mol. The first kappa shape index (κ1) is 22.3. The van der Waals surface area contributed by atoms with Crippen molar-refractivity contribution < 1.29 is 19.1 Å². The summed E-state index contributed by atoms with van der Waals surface area (Å²) in [5.74, 6) is -0.474. The van der Waals surface area contributed by atoms with E-state index < -0.39 is 5.91 Å². The highest BCUT2D eigenvalue weighted by Gasteiger charge is 2.30. The van der Waals surface area contributed by atoms with E-state index in [0.717, 1.165) is 25.9 Å². The highest BCUT2D eigenvalue weighted by Crippen LogP contribution is 2.22. The van der Waals surface area contributed by atoms with E-state index >= 15 is 0 Å². The molecular formula is C20H28ClN5O4. The molecule has 0 spiro atoms. The molecule has 164 valence electrons. The van der Waals surface area contributed by atoms with Crippen LogP contribution in [0.2, 0.25) is 5.02 Å². The van der Waals surface area contributed by atoms with Crippen molar-refractivity contribution in [2.24, 2.45) is 5.92 Å². The van der Waals surface area contributed by atoms with E-state index in [-0.39, 0.29) is 35.1 Å². The first-order valence-electron chi connectivity index (χ1n) is 10.4. The molecule has 0 atom stereocenters. The van der Waals surface area contributed by atoms with Crippen LogP contribution in [0.15, 0.2) is 6.20 Å². The lowest BCUT2D eigenvalue weighted by molar-refractivity contribution is -0.151. The molecular weight excluding hydrogens is 410 g/mol. The molecule has 2 aliphatic heterocycles. The Morgan fingerprint density at radius 3 is 2.50 bits per heavy atom. The SMILES string of the molecule is CCOC(=O)C1CCN(C(=O)CN(C)C(=O)c2nc(N3CCCC3)ncc2Cl)CC1. The topological polar surface area (TPSA) is 95.9 Å². The Hall–Kier alpha value is -2.42. The fourth-order valence-corrected chi connectivity index (χ4v) is 3.93. The van der Waals surface area contributed by atoms with Gasteiger partial charge in [0.05, 0.1) is 30.3 Å². The maximum Gasteiger partial charge on any atom is 0.309 e. The quantitative estimate of drug-likeness (QED) is 0.623. The zero-order valence-corrected chi connectivity index (χ0v) is 18.2. The van der Waals surface area contributed by atoms with Crippen LogP contribution in [0.3, 0.4) is 0 Å². The fourth-order valence-electron chi connectivity index (χ4n) is 3.76. The van der Waals surface area contributed by atoms with E-state index in [9.17, 15) is 14.4 Å². The van der Waals surface area contributed by atoms with Crippen molar-refractivity contribution >= 4 is 35.3 Å². The molecule has 2 amide bonds. The van der Waals surface area contributed by atoms with E-state index in [2.05, 4.69) is 9.97 Å². The van der Waals surface area contributed by atoms with Crippen LogP contribution in [0.4, 0.5) is 5.95 Å². The Labute approximate surface area is 181 Å². The van der Waals surface area contributed by atoms with E-state index in [4.69, 9.17) is 16.3 Å². The van der Waals surface area contributed by atoms with Crippen molar-refractivity contribution in [2.45, 2.75) is 32.6 Å². The molecule has 0 bridgehead atoms. The number of aromatic nitrogens is 2. The van der Waals surface area contributed by atoms with Crippen molar-refractivity contribution in [1.29, 1.82) is 0 Å². The third kappa shape index (κ3) is 5.19. The number of halogens is 1. The minimum Gasteiger partial charge on any atom is -0.466 e. The molecule has 10 heteroatoms. The molecule has 0 radical (unpaired) electrons. The first-order chi connectivity index (χ1) is 14.4. The standard InChI is InChI=1S/C20H28ClN5O4/c1-3-30-19(29)14-6-10-25(11-7-14)16(27)13-24(2)18(28)17-15(21)12-22-20(23-17)26-8-4-5-9-26/h12,14H,3-11,13H2,1-2H3. The predicted molar refractivity (Wildman–Crippen MR) is 111 cm³/mol. The summed E-state index contributed by atoms with van der Waals surface area (Å²) in [6.45, 7) is 4.70. The summed E-state index contributed by atoms with van der Waals surface area (Å²) in [7, 11) is 1.56. The van der Waals surface area contributed by atoms with Gasteiger partial charge in [0, 0.05) is 33.2 Å². The average molecular weight is 438 g/mol. The van der Waals surface area contributed by atoms with Crippen molar-refractivity contribution in [2.75, 3.05) is 51.3 Å². The van der Waals surface area contributed by atoms with Gasteiger partial charge in [-0.1, -0.05) is 11.6 Å². The van der Waals surface area contributed by atoms with Gasteiger partial charge in [0.15, 0.2) is 5.69 Å². The van der Waals surface area contributed by atoms with Gasteiger partial charge in [-0.2, -0.15) is 0 Å². The Balaban J connectivity index is 1.57. The lowest BCUT2D eigenvalue weighted by Gasteiger charge is -2.32. The summed E-state index contributed by atoms with van der Waals surface area (Å²) in [4.78, 5) is 51.0. The lowest BCUT2D eigenvalue weighted by Crippen LogP contribution is -2.45. The van der Waals surface area contributed by atoms with Gasteiger partial charge in [0.2, 0.25) is 11.9 Å². The number of ether oxygens (including phenoxy) is 1. The molecule has 1 aromatic rings. The van der Waals surface area contributed by atoms with E-state index in [1.54, 1.807) is 18.9 Å². The zero-order chi connectivity index (χ0) is 21.7. The number of amides is 2. The van der Waals surface area contributed by atoms with Crippen molar-refractivity contribution in [3.05, 3.63) is 16.9 Å². The third-order valence-electron chi connectivity index (χ3n) is 5.51. The number of likely N-dealkylation sites (N-methyl/N-ethyl adjacent to an activating group) is 1. The Kier molecular flexibility index (Phi) is 7.47. The van der Waals surface area contributed by atoms with Gasteiger partial charge in [-0.15, -0.1) is 0 Å². The normalized spacial score (nSPS) is 17.2. The summed E-state index contributed by atoms with van der Waals surface area (Å²) in [6, 6.07) is 0. The molecule has 0 saturated carbocycles. The number of esters is 1. The first-order valence-corrected chi connectivity index (χ1v) is 10.8. The highest BCUT2D eigenvalue weighted by molar-refractivity contribution is 6.33. The molecule has 0 aliphatic carbocycles. The molecule has 0 unspecified atom stereocenters. The van der Waals surface area contributed by atoms with Gasteiger partial charge >= 0.3 is 5.97 Å². The second-order valence-corrected chi connectivity index (χ2v) is 8.04. The number of hydrogen-bond acceptors (Lipinski definition) is 7. The van der Waals surface area contributed by atoms with E-state index in [1.165, 1.54) is 11.1 Å². The van der Waals surface area contributed by atoms with Gasteiger partial charge in [-0.3, -0.25) is 14.4 Å². The van der Waals surface area contributed by atoms with Crippen LogP contribution in [-0.4, -0.2) is 83.9 Å². The number of rotatable bonds is 6. The summed E-state index contributed by atoms with van der Waals surface area (Å²) < 4.78 is 5.06. The lowest BCUT2D eigenvalue weighted by atomic mass is 9.97. The fraction of sp³-hybridized carbons (Fsp3) is 0.650. The number of hydrogen-bond donors (Lipinski definition) is 0. The largest absolute Gasteiger partial charge is 0.466 e. The second-order valence-electron chi connectivity index (χ2n) is 7.63. The molecule has 3 heterocycles. The summed E-state index contributed by atoms with van der Waals surface area (Å²) in [5.41, 5.74) is 0.102. The Morgan fingerprint density at radius 2 is 1.87 bits per heavy atom. The molecule has 3 rings (SSSR count). The molecule has 2 saturated heterocycles. The minimum atomic E-state index is -0.419. The van der Waals surface area contributed by atoms with Gasteiger partial charge < -0.3 is 19.4 Å². The molecule has 2 fully saturated rings. The minimum absolute atomic E-state index is 0.0811. The van der Waals surface area contributed by atoms with Gasteiger partial charge in [-0.25, -0.2) is 9.97 Å². The molecule has 30 heavy (non-hydrogen) atoms. The van der Waals surface area contributed by atoms with Crippen molar-refractivity contribution in [3.63, 3.8) is 0 Å². The smallest absolute Gasteiger partial charge is 0.309 e. The van der Waals surface area contributed by atoms with Crippen LogP contribution in [0, 0.1) is 5.92 Å². The molecule has 2 aliphatic rings. The van der Waals surface area contributed by atoms with Crippen LogP contribution in [0.5, 0.6) is 0 Å². The van der Waals surface area contributed by atoms with Gasteiger partial charge in [0.25, 0.3) is 5.91 Å². The maximum absolute atomic E-state index is 12.9. The van der Waals surface area contributed by atoms with Crippen LogP contribution in [0.1, 0.15) is 43.1 Å². The van der Waals surface area contributed by atoms with E-state index in [1.807, 2.05) is 4.90 Å². The third-order valence-corrected chi connectivity index (χ3v) is 5.79. The summed E-state index contributed by atoms with van der Waals surface area (Å²) in [5, 5.41) is 0.164. The van der Waals surface area contributed by atoms with Crippen LogP contribution < -0.4 is 4.90 Å². The van der Waals surface area contributed by atoms with Crippen molar-refractivity contribution in [1.82, 2.24) is 19.8 Å². The summed E-state index contributed by atoms with van der Waals surface area (Å²) >= 11 is 6.17. The van der Waals surface area contributed by atoms with Gasteiger partial charge in [0.1, 0.15) is 0 Å². The average Bonchev–Trinajstić information content (AvgIpc) is 3.28. The number of anilines is 1. The number of piperidine rings is 1. The molecule has 0 N–H and O–H groups in total. The molecule has 0 aromatic carbocycles. The number of carbonyl (C=O) groups excluding carboxylic acids is 3. The number of likely N-dealkylation sites (tertiary alicyclic amines) is 1. The Morgan fingerprint density at radius 1 is 1.20 bits per heavy atom. The predicted octanol–water partition coefficient (Wildman–Crippen LogP) is 1.60. The highest BCUT2D eigenvalue weighted by atomic mass is 35.5. The van der Waals surface area contributed by atoms with Crippen molar-refractivity contribution in [3.8, 4) is 0 Å². The number of carbonyl (C=O) groups is 3. The number of nitrogens with zero attached hydrogens (tertiary/aromatic N) is 5. The van der Waals surface area contributed by atoms with Crippen LogP contribution in [-0.2, 0) is 14.3 Å². The van der Waals surface area contributed by atoms with E-state index in [0.29, 0.717) is 38.5 Å². The van der Waals surface area contributed by atoms with Crippen LogP contribution >= 0.6 is 11.6 Å². The zero-order valence-electron chi connectivity index (χ0n) is 17.5. The molecule has 1 aromatic heterocycles. The van der Waals surface area contributed by atoms with Gasteiger partial charge in [-0.05, 0) is 32.6 Å². The van der Waals surface area contributed by atoms with Crippen LogP contribution in [0.25, 0.3) is 0 Å².